The fourth-order valence-electron chi connectivity index (χ4n) is 1.88. The summed E-state index contributed by atoms with van der Waals surface area (Å²) in [7, 11) is 3.31. The molecule has 4 nitrogen and oxygen atoms in total. The predicted octanol–water partition coefficient (Wildman–Crippen LogP) is 1.42. The Hall–Kier alpha value is -1.81. The molecule has 2 N–H and O–H groups in total. The molecule has 84 valence electrons. The highest BCUT2D eigenvalue weighted by molar-refractivity contribution is 5.95. The third-order valence-electron chi connectivity index (χ3n) is 2.71. The number of rotatable bonds is 2. The number of hydrogen-bond acceptors (Lipinski definition) is 3. The molecule has 16 heavy (non-hydrogen) atoms. The highest BCUT2D eigenvalue weighted by Crippen LogP contribution is 2.21. The number of carbonyl (C=O) groups is 1. The Morgan fingerprint density at radius 2 is 2.25 bits per heavy atom. The number of aromatic nitrogens is 1. The Kier molecular flexibility index (Phi) is 2.66. The van der Waals surface area contributed by atoms with E-state index in [-0.39, 0.29) is 5.97 Å². The Morgan fingerprint density at radius 3 is 2.88 bits per heavy atom. The van der Waals surface area contributed by atoms with Gasteiger partial charge in [-0.3, -0.25) is 0 Å². The molecular weight excluding hydrogens is 204 g/mol. The average molecular weight is 218 g/mol. The van der Waals surface area contributed by atoms with Crippen LogP contribution >= 0.6 is 0 Å². The Morgan fingerprint density at radius 1 is 1.50 bits per heavy atom. The molecule has 2 rings (SSSR count). The fourth-order valence-corrected chi connectivity index (χ4v) is 1.88. The second-order valence-corrected chi connectivity index (χ2v) is 3.69. The van der Waals surface area contributed by atoms with E-state index in [1.165, 1.54) is 7.11 Å². The third-order valence-corrected chi connectivity index (χ3v) is 2.71. The summed E-state index contributed by atoms with van der Waals surface area (Å²) in [6, 6.07) is 5.48. The quantitative estimate of drug-likeness (QED) is 0.776. The average Bonchev–Trinajstić information content (AvgIpc) is 2.64. The van der Waals surface area contributed by atoms with Gasteiger partial charge in [0.05, 0.1) is 12.7 Å². The first-order chi connectivity index (χ1) is 7.67. The Bertz CT molecular complexity index is 543. The van der Waals surface area contributed by atoms with E-state index in [2.05, 4.69) is 4.74 Å². The van der Waals surface area contributed by atoms with Gasteiger partial charge < -0.3 is 15.0 Å². The molecule has 0 unspecified atom stereocenters. The van der Waals surface area contributed by atoms with Crippen molar-refractivity contribution in [1.29, 1.82) is 0 Å². The Labute approximate surface area is 93.6 Å². The van der Waals surface area contributed by atoms with Crippen molar-refractivity contribution in [2.45, 2.75) is 6.54 Å². The van der Waals surface area contributed by atoms with Crippen LogP contribution in [0.1, 0.15) is 15.9 Å². The minimum absolute atomic E-state index is 0.322. The van der Waals surface area contributed by atoms with Gasteiger partial charge in [-0.15, -0.1) is 0 Å². The molecule has 0 amide bonds. The summed E-state index contributed by atoms with van der Waals surface area (Å²) in [6.07, 6.45) is 1.98. The summed E-state index contributed by atoms with van der Waals surface area (Å²) in [5, 5.41) is 1.08. The van der Waals surface area contributed by atoms with Crippen LogP contribution < -0.4 is 5.73 Å². The number of methoxy groups -OCH3 is 1. The van der Waals surface area contributed by atoms with E-state index >= 15 is 0 Å². The van der Waals surface area contributed by atoms with Gasteiger partial charge in [0.25, 0.3) is 0 Å². The number of aryl methyl sites for hydroxylation is 1. The summed E-state index contributed by atoms with van der Waals surface area (Å²) in [6.45, 7) is 0.495. The van der Waals surface area contributed by atoms with Crippen LogP contribution in [0.4, 0.5) is 0 Å². The largest absolute Gasteiger partial charge is 0.465 e. The highest BCUT2D eigenvalue weighted by Gasteiger charge is 2.10. The van der Waals surface area contributed by atoms with E-state index in [0.717, 1.165) is 16.5 Å². The summed E-state index contributed by atoms with van der Waals surface area (Å²) in [5.74, 6) is -0.322. The Balaban J connectivity index is 2.62. The van der Waals surface area contributed by atoms with Crippen molar-refractivity contribution >= 4 is 16.9 Å². The van der Waals surface area contributed by atoms with Crippen LogP contribution in [-0.4, -0.2) is 17.6 Å². The molecule has 0 spiro atoms. The maximum Gasteiger partial charge on any atom is 0.337 e. The van der Waals surface area contributed by atoms with Gasteiger partial charge in [0.2, 0.25) is 0 Å². The zero-order valence-electron chi connectivity index (χ0n) is 9.36. The van der Waals surface area contributed by atoms with Crippen molar-refractivity contribution < 1.29 is 9.53 Å². The smallest absolute Gasteiger partial charge is 0.337 e. The van der Waals surface area contributed by atoms with Crippen LogP contribution in [0, 0.1) is 0 Å². The van der Waals surface area contributed by atoms with Crippen molar-refractivity contribution in [3.8, 4) is 0 Å². The van der Waals surface area contributed by atoms with E-state index in [0.29, 0.717) is 12.1 Å². The van der Waals surface area contributed by atoms with Gasteiger partial charge in [-0.05, 0) is 17.7 Å². The lowest BCUT2D eigenvalue weighted by Gasteiger charge is -2.01. The first-order valence-electron chi connectivity index (χ1n) is 5.03. The number of fused-ring (bicyclic) bond motifs is 1. The van der Waals surface area contributed by atoms with Crippen molar-refractivity contribution in [2.75, 3.05) is 7.11 Å². The van der Waals surface area contributed by atoms with Gasteiger partial charge in [0, 0.05) is 30.7 Å². The molecule has 0 aliphatic carbocycles. The molecule has 0 saturated heterocycles. The lowest BCUT2D eigenvalue weighted by molar-refractivity contribution is 0.0601. The zero-order chi connectivity index (χ0) is 11.7. The van der Waals surface area contributed by atoms with Crippen molar-refractivity contribution in [1.82, 2.24) is 4.57 Å². The molecule has 0 atom stereocenters. The molecular formula is C12H14N2O2. The number of nitrogens with zero attached hydrogens (tertiary/aromatic N) is 1. The van der Waals surface area contributed by atoms with Crippen molar-refractivity contribution in [2.24, 2.45) is 12.8 Å². The second-order valence-electron chi connectivity index (χ2n) is 3.69. The normalized spacial score (nSPS) is 10.7. The van der Waals surface area contributed by atoms with E-state index < -0.39 is 0 Å². The highest BCUT2D eigenvalue weighted by atomic mass is 16.5. The van der Waals surface area contributed by atoms with Crippen LogP contribution in [0.25, 0.3) is 10.9 Å². The van der Waals surface area contributed by atoms with E-state index in [9.17, 15) is 4.79 Å². The fraction of sp³-hybridized carbons (Fsp3) is 0.250. The van der Waals surface area contributed by atoms with Gasteiger partial charge >= 0.3 is 5.97 Å². The molecule has 1 aromatic heterocycles. The van der Waals surface area contributed by atoms with Gasteiger partial charge in [0.15, 0.2) is 0 Å². The van der Waals surface area contributed by atoms with Crippen molar-refractivity contribution in [3.05, 3.63) is 35.5 Å². The first kappa shape index (κ1) is 10.7. The van der Waals surface area contributed by atoms with Crippen LogP contribution in [0.5, 0.6) is 0 Å². The minimum Gasteiger partial charge on any atom is -0.465 e. The predicted molar refractivity (Wildman–Crippen MR) is 62.1 cm³/mol. The van der Waals surface area contributed by atoms with Crippen LogP contribution in [0.2, 0.25) is 0 Å². The summed E-state index contributed by atoms with van der Waals surface area (Å²) < 4.78 is 6.65. The van der Waals surface area contributed by atoms with E-state index in [1.807, 2.05) is 29.9 Å². The number of carbonyl (C=O) groups excluding carboxylic acids is 1. The topological polar surface area (TPSA) is 57.2 Å². The summed E-state index contributed by atoms with van der Waals surface area (Å²) in [5.41, 5.74) is 8.27. The van der Waals surface area contributed by atoms with Crippen molar-refractivity contribution in [3.63, 3.8) is 0 Å². The van der Waals surface area contributed by atoms with Gasteiger partial charge in [-0.1, -0.05) is 6.07 Å². The second kappa shape index (κ2) is 3.98. The third kappa shape index (κ3) is 1.57. The molecule has 0 aliphatic heterocycles. The van der Waals surface area contributed by atoms with Crippen LogP contribution in [0.3, 0.4) is 0 Å². The van der Waals surface area contributed by atoms with Gasteiger partial charge in [-0.2, -0.15) is 0 Å². The molecule has 2 aromatic rings. The SMILES string of the molecule is COC(=O)c1ccc2c(CN)cn(C)c2c1. The molecule has 0 bridgehead atoms. The standard InChI is InChI=1S/C12H14N2O2/c1-14-7-9(6-13)10-4-3-8(5-11(10)14)12(15)16-2/h3-5,7H,6,13H2,1-2H3. The lowest BCUT2D eigenvalue weighted by atomic mass is 10.1. The minimum atomic E-state index is -0.322. The molecule has 0 aliphatic rings. The summed E-state index contributed by atoms with van der Waals surface area (Å²) in [4.78, 5) is 11.4. The van der Waals surface area contributed by atoms with Gasteiger partial charge in [-0.25, -0.2) is 4.79 Å². The monoisotopic (exact) mass is 218 g/mol. The van der Waals surface area contributed by atoms with Crippen LogP contribution in [-0.2, 0) is 18.3 Å². The number of esters is 1. The lowest BCUT2D eigenvalue weighted by Crippen LogP contribution is -2.01. The molecule has 0 radical (unpaired) electrons. The maximum absolute atomic E-state index is 11.4. The maximum atomic E-state index is 11.4. The summed E-state index contributed by atoms with van der Waals surface area (Å²) >= 11 is 0. The molecule has 1 aromatic carbocycles. The number of nitrogens with two attached hydrogens (primary N) is 1. The van der Waals surface area contributed by atoms with E-state index in [4.69, 9.17) is 5.73 Å². The number of ether oxygens (including phenoxy) is 1. The van der Waals surface area contributed by atoms with Gasteiger partial charge in [0.1, 0.15) is 0 Å². The number of benzene rings is 1. The molecule has 4 heteroatoms. The molecule has 1 heterocycles. The number of hydrogen-bond donors (Lipinski definition) is 1. The molecule has 0 saturated carbocycles. The molecule has 0 fully saturated rings. The zero-order valence-corrected chi connectivity index (χ0v) is 9.36. The van der Waals surface area contributed by atoms with E-state index in [1.54, 1.807) is 6.07 Å². The van der Waals surface area contributed by atoms with Crippen LogP contribution in [0.15, 0.2) is 24.4 Å². The first-order valence-corrected chi connectivity index (χ1v) is 5.03.